The molecule has 1 aliphatic carbocycles. The number of carbonyl (C=O) groups excluding carboxylic acids is 2. The second-order valence-corrected chi connectivity index (χ2v) is 7.49. The standard InChI is InChI=1S/C20H23NO3S/c1-4-24-20(23)17-16(14-7-5-13(6-8-14)12(2)3)11-25-19(17)21-18(22)15-9-10-15/h5-8,11-12,15H,4,9-10H2,1-3H3,(H,21,22). The first kappa shape index (κ1) is 17.7. The number of hydrogen-bond donors (Lipinski definition) is 1. The molecule has 1 aliphatic rings. The largest absolute Gasteiger partial charge is 0.462 e. The fraction of sp³-hybridized carbons (Fsp3) is 0.400. The van der Waals surface area contributed by atoms with Crippen LogP contribution in [0.1, 0.15) is 55.5 Å². The summed E-state index contributed by atoms with van der Waals surface area (Å²) < 4.78 is 5.23. The fourth-order valence-corrected chi connectivity index (χ4v) is 3.64. The van der Waals surface area contributed by atoms with Crippen molar-refractivity contribution >= 4 is 28.2 Å². The first-order valence-electron chi connectivity index (χ1n) is 8.71. The summed E-state index contributed by atoms with van der Waals surface area (Å²) in [7, 11) is 0. The maximum atomic E-state index is 12.5. The molecule has 1 heterocycles. The van der Waals surface area contributed by atoms with Crippen LogP contribution in [-0.2, 0) is 9.53 Å². The van der Waals surface area contributed by atoms with E-state index in [0.29, 0.717) is 23.1 Å². The van der Waals surface area contributed by atoms with Crippen LogP contribution in [0.4, 0.5) is 5.00 Å². The fourth-order valence-electron chi connectivity index (χ4n) is 2.68. The Morgan fingerprint density at radius 2 is 1.92 bits per heavy atom. The molecule has 0 saturated heterocycles. The van der Waals surface area contributed by atoms with Crippen LogP contribution >= 0.6 is 11.3 Å². The molecule has 1 fully saturated rings. The minimum absolute atomic E-state index is 0.00546. The van der Waals surface area contributed by atoms with Crippen LogP contribution in [0.3, 0.4) is 0 Å². The summed E-state index contributed by atoms with van der Waals surface area (Å²) in [6.07, 6.45) is 1.85. The van der Waals surface area contributed by atoms with E-state index in [2.05, 4.69) is 31.3 Å². The monoisotopic (exact) mass is 357 g/mol. The lowest BCUT2D eigenvalue weighted by Crippen LogP contribution is -2.15. The molecule has 0 bridgehead atoms. The van der Waals surface area contributed by atoms with E-state index in [1.807, 2.05) is 17.5 Å². The third-order valence-corrected chi connectivity index (χ3v) is 5.24. The molecule has 0 radical (unpaired) electrons. The summed E-state index contributed by atoms with van der Waals surface area (Å²) in [5.74, 6) is 0.146. The summed E-state index contributed by atoms with van der Waals surface area (Å²) in [5.41, 5.74) is 3.47. The second kappa shape index (κ2) is 7.40. The summed E-state index contributed by atoms with van der Waals surface area (Å²) in [4.78, 5) is 24.6. The van der Waals surface area contributed by atoms with Gasteiger partial charge < -0.3 is 10.1 Å². The number of anilines is 1. The number of carbonyl (C=O) groups is 2. The number of rotatable bonds is 6. The SMILES string of the molecule is CCOC(=O)c1c(-c2ccc(C(C)C)cc2)csc1NC(=O)C1CC1. The Morgan fingerprint density at radius 3 is 2.48 bits per heavy atom. The highest BCUT2D eigenvalue weighted by molar-refractivity contribution is 7.15. The van der Waals surface area contributed by atoms with Gasteiger partial charge in [-0.3, -0.25) is 4.79 Å². The molecule has 1 aromatic heterocycles. The molecule has 2 aromatic rings. The summed E-state index contributed by atoms with van der Waals surface area (Å²) in [6, 6.07) is 8.20. The molecule has 5 heteroatoms. The van der Waals surface area contributed by atoms with Crippen LogP contribution in [0.25, 0.3) is 11.1 Å². The molecule has 4 nitrogen and oxygen atoms in total. The zero-order valence-electron chi connectivity index (χ0n) is 14.8. The maximum Gasteiger partial charge on any atom is 0.341 e. The van der Waals surface area contributed by atoms with Gasteiger partial charge >= 0.3 is 5.97 Å². The van der Waals surface area contributed by atoms with Crippen molar-refractivity contribution in [3.8, 4) is 11.1 Å². The molecule has 25 heavy (non-hydrogen) atoms. The van der Waals surface area contributed by atoms with Gasteiger partial charge in [0.05, 0.1) is 6.61 Å². The van der Waals surface area contributed by atoms with Crippen LogP contribution in [0.5, 0.6) is 0 Å². The third-order valence-electron chi connectivity index (χ3n) is 4.34. The molecule has 1 N–H and O–H groups in total. The van der Waals surface area contributed by atoms with Crippen molar-refractivity contribution in [3.05, 3.63) is 40.8 Å². The Morgan fingerprint density at radius 1 is 1.24 bits per heavy atom. The molecule has 0 atom stereocenters. The number of benzene rings is 1. The number of hydrogen-bond acceptors (Lipinski definition) is 4. The van der Waals surface area contributed by atoms with Crippen molar-refractivity contribution in [1.82, 2.24) is 0 Å². The van der Waals surface area contributed by atoms with Gasteiger partial charge in [-0.05, 0) is 36.8 Å². The smallest absolute Gasteiger partial charge is 0.341 e. The summed E-state index contributed by atoms with van der Waals surface area (Å²) in [6.45, 7) is 6.38. The average Bonchev–Trinajstić information content (AvgIpc) is 3.36. The highest BCUT2D eigenvalue weighted by Gasteiger charge is 2.31. The van der Waals surface area contributed by atoms with Crippen LogP contribution < -0.4 is 5.32 Å². The van der Waals surface area contributed by atoms with Gasteiger partial charge in [-0.15, -0.1) is 11.3 Å². The van der Waals surface area contributed by atoms with Crippen LogP contribution in [0.15, 0.2) is 29.6 Å². The Balaban J connectivity index is 1.95. The second-order valence-electron chi connectivity index (χ2n) is 6.61. The van der Waals surface area contributed by atoms with E-state index in [-0.39, 0.29) is 11.8 Å². The van der Waals surface area contributed by atoms with E-state index in [0.717, 1.165) is 24.0 Å². The van der Waals surface area contributed by atoms with Gasteiger partial charge in [0.2, 0.25) is 5.91 Å². The summed E-state index contributed by atoms with van der Waals surface area (Å²) >= 11 is 1.38. The molecular weight excluding hydrogens is 334 g/mol. The van der Waals surface area contributed by atoms with E-state index in [4.69, 9.17) is 4.74 Å². The third kappa shape index (κ3) is 3.93. The predicted molar refractivity (Wildman–Crippen MR) is 101 cm³/mol. The number of thiophene rings is 1. The average molecular weight is 357 g/mol. The van der Waals surface area contributed by atoms with Crippen LogP contribution in [-0.4, -0.2) is 18.5 Å². The molecular formula is C20H23NO3S. The molecule has 0 aliphatic heterocycles. The van der Waals surface area contributed by atoms with Crippen molar-refractivity contribution in [2.45, 2.75) is 39.5 Å². The van der Waals surface area contributed by atoms with E-state index < -0.39 is 5.97 Å². The topological polar surface area (TPSA) is 55.4 Å². The predicted octanol–water partition coefficient (Wildman–Crippen LogP) is 5.06. The first-order chi connectivity index (χ1) is 12.0. The zero-order valence-corrected chi connectivity index (χ0v) is 15.6. The first-order valence-corrected chi connectivity index (χ1v) is 9.59. The van der Waals surface area contributed by atoms with E-state index in [9.17, 15) is 9.59 Å². The van der Waals surface area contributed by atoms with Gasteiger partial charge in [0.25, 0.3) is 0 Å². The zero-order chi connectivity index (χ0) is 18.0. The highest BCUT2D eigenvalue weighted by atomic mass is 32.1. The molecule has 132 valence electrons. The molecule has 1 saturated carbocycles. The van der Waals surface area contributed by atoms with Crippen molar-refractivity contribution in [3.63, 3.8) is 0 Å². The van der Waals surface area contributed by atoms with Gasteiger partial charge in [-0.1, -0.05) is 38.1 Å². The number of ether oxygens (including phenoxy) is 1. The van der Waals surface area contributed by atoms with Gasteiger partial charge in [-0.2, -0.15) is 0 Å². The van der Waals surface area contributed by atoms with Crippen molar-refractivity contribution in [1.29, 1.82) is 0 Å². The molecule has 0 spiro atoms. The lowest BCUT2D eigenvalue weighted by atomic mass is 9.98. The van der Waals surface area contributed by atoms with Crippen LogP contribution in [0.2, 0.25) is 0 Å². The van der Waals surface area contributed by atoms with Gasteiger partial charge in [0.1, 0.15) is 10.6 Å². The number of nitrogens with one attached hydrogen (secondary N) is 1. The van der Waals surface area contributed by atoms with Crippen LogP contribution in [0, 0.1) is 5.92 Å². The highest BCUT2D eigenvalue weighted by Crippen LogP contribution is 2.38. The van der Waals surface area contributed by atoms with Gasteiger partial charge in [0, 0.05) is 16.9 Å². The van der Waals surface area contributed by atoms with Crippen molar-refractivity contribution in [2.24, 2.45) is 5.92 Å². The number of esters is 1. The molecule has 1 aromatic carbocycles. The van der Waals surface area contributed by atoms with E-state index in [1.165, 1.54) is 16.9 Å². The Bertz CT molecular complexity index is 773. The molecule has 3 rings (SSSR count). The Kier molecular flexibility index (Phi) is 5.23. The lowest BCUT2D eigenvalue weighted by Gasteiger charge is -2.10. The lowest BCUT2D eigenvalue weighted by molar-refractivity contribution is -0.117. The maximum absolute atomic E-state index is 12.5. The van der Waals surface area contributed by atoms with Gasteiger partial charge in [0.15, 0.2) is 0 Å². The Hall–Kier alpha value is -2.14. The molecule has 0 unspecified atom stereocenters. The number of amides is 1. The van der Waals surface area contributed by atoms with Crippen molar-refractivity contribution in [2.75, 3.05) is 11.9 Å². The minimum Gasteiger partial charge on any atom is -0.462 e. The van der Waals surface area contributed by atoms with E-state index in [1.54, 1.807) is 6.92 Å². The quantitative estimate of drug-likeness (QED) is 0.735. The minimum atomic E-state index is -0.391. The Labute approximate surface area is 152 Å². The summed E-state index contributed by atoms with van der Waals surface area (Å²) in [5, 5.41) is 5.41. The van der Waals surface area contributed by atoms with E-state index >= 15 is 0 Å². The van der Waals surface area contributed by atoms with Crippen molar-refractivity contribution < 1.29 is 14.3 Å². The van der Waals surface area contributed by atoms with Gasteiger partial charge in [-0.25, -0.2) is 4.79 Å². The molecule has 1 amide bonds. The normalized spacial score (nSPS) is 13.8.